The van der Waals surface area contributed by atoms with Gasteiger partial charge in [0.05, 0.1) is 0 Å². The first-order valence-corrected chi connectivity index (χ1v) is 12.0. The van der Waals surface area contributed by atoms with Gasteiger partial charge in [-0.05, 0) is 49.9 Å². The van der Waals surface area contributed by atoms with Crippen LogP contribution in [-0.4, -0.2) is 9.97 Å². The molecule has 29 heavy (non-hydrogen) atoms. The largest absolute Gasteiger partial charge is 0.325 e. The lowest BCUT2D eigenvalue weighted by atomic mass is 10.1. The highest BCUT2D eigenvalue weighted by atomic mass is 15.1. The van der Waals surface area contributed by atoms with Gasteiger partial charge in [0.1, 0.15) is 11.6 Å². The van der Waals surface area contributed by atoms with Crippen molar-refractivity contribution in [1.29, 1.82) is 0 Å². The van der Waals surface area contributed by atoms with Crippen molar-refractivity contribution in [3.63, 3.8) is 0 Å². The van der Waals surface area contributed by atoms with Gasteiger partial charge in [-0.2, -0.15) is 0 Å². The Kier molecular flexibility index (Phi) is 12.1. The van der Waals surface area contributed by atoms with E-state index in [-0.39, 0.29) is 0 Å². The minimum absolute atomic E-state index is 0.901. The van der Waals surface area contributed by atoms with Crippen LogP contribution in [0.25, 0.3) is 0 Å². The number of rotatable bonds is 16. The van der Waals surface area contributed by atoms with E-state index in [4.69, 9.17) is 9.97 Å². The monoisotopic (exact) mass is 395 g/mol. The Morgan fingerprint density at radius 3 is 1.41 bits per heavy atom. The van der Waals surface area contributed by atoms with Crippen molar-refractivity contribution >= 4 is 11.6 Å². The van der Waals surface area contributed by atoms with E-state index in [1.807, 2.05) is 12.1 Å². The van der Waals surface area contributed by atoms with Crippen molar-refractivity contribution in [1.82, 2.24) is 9.97 Å². The van der Waals surface area contributed by atoms with E-state index in [9.17, 15) is 0 Å². The zero-order valence-electron chi connectivity index (χ0n) is 18.8. The van der Waals surface area contributed by atoms with Gasteiger partial charge < -0.3 is 5.32 Å². The highest BCUT2D eigenvalue weighted by molar-refractivity contribution is 5.51. The molecule has 0 spiro atoms. The quantitative estimate of drug-likeness (QED) is 0.292. The Labute approximate surface area is 178 Å². The standard InChI is InChI=1S/C26H41N3/c1-3-5-7-9-11-13-17-23-19-15-21-25(27-23)29-26-22-16-20-24(28-26)18-14-12-10-8-6-4-2/h15-16,19-22H,3-14,17-18H2,1-2H3,(H,27,28,29). The molecule has 0 bridgehead atoms. The lowest BCUT2D eigenvalue weighted by Gasteiger charge is -2.09. The maximum absolute atomic E-state index is 4.78. The van der Waals surface area contributed by atoms with E-state index in [1.165, 1.54) is 88.4 Å². The van der Waals surface area contributed by atoms with Gasteiger partial charge in [-0.3, -0.25) is 0 Å². The molecule has 0 aliphatic rings. The first-order chi connectivity index (χ1) is 14.3. The molecule has 0 aromatic carbocycles. The van der Waals surface area contributed by atoms with Gasteiger partial charge in [-0.25, -0.2) is 9.97 Å². The lowest BCUT2D eigenvalue weighted by molar-refractivity contribution is 0.604. The molecule has 0 unspecified atom stereocenters. The maximum Gasteiger partial charge on any atom is 0.131 e. The number of hydrogen-bond acceptors (Lipinski definition) is 3. The molecule has 0 radical (unpaired) electrons. The molecule has 0 atom stereocenters. The molecular formula is C26H41N3. The van der Waals surface area contributed by atoms with Crippen LogP contribution >= 0.6 is 0 Å². The second-order valence-corrected chi connectivity index (χ2v) is 8.19. The molecule has 1 N–H and O–H groups in total. The summed E-state index contributed by atoms with van der Waals surface area (Å²) in [6.45, 7) is 4.53. The maximum atomic E-state index is 4.78. The Hall–Kier alpha value is -1.90. The van der Waals surface area contributed by atoms with E-state index in [1.54, 1.807) is 0 Å². The molecule has 0 fully saturated rings. The second-order valence-electron chi connectivity index (χ2n) is 8.19. The average Bonchev–Trinajstić information content (AvgIpc) is 2.74. The molecule has 160 valence electrons. The fourth-order valence-electron chi connectivity index (χ4n) is 3.68. The van der Waals surface area contributed by atoms with E-state index in [2.05, 4.69) is 43.4 Å². The molecule has 3 nitrogen and oxygen atoms in total. The van der Waals surface area contributed by atoms with Gasteiger partial charge >= 0.3 is 0 Å². The number of hydrogen-bond donors (Lipinski definition) is 1. The summed E-state index contributed by atoms with van der Waals surface area (Å²) in [6.07, 6.45) is 18.0. The van der Waals surface area contributed by atoms with Gasteiger partial charge in [0.2, 0.25) is 0 Å². The van der Waals surface area contributed by atoms with Crippen molar-refractivity contribution in [3.05, 3.63) is 47.8 Å². The van der Waals surface area contributed by atoms with Crippen molar-refractivity contribution in [3.8, 4) is 0 Å². The second kappa shape index (κ2) is 15.0. The molecule has 2 rings (SSSR count). The van der Waals surface area contributed by atoms with Gasteiger partial charge in [-0.15, -0.1) is 0 Å². The molecule has 0 saturated heterocycles. The van der Waals surface area contributed by atoms with Crippen LogP contribution in [0.5, 0.6) is 0 Å². The van der Waals surface area contributed by atoms with Crippen molar-refractivity contribution in [2.75, 3.05) is 5.32 Å². The molecular weight excluding hydrogens is 354 g/mol. The predicted molar refractivity (Wildman–Crippen MR) is 126 cm³/mol. The van der Waals surface area contributed by atoms with Crippen LogP contribution in [0.3, 0.4) is 0 Å². The predicted octanol–water partition coefficient (Wildman–Crippen LogP) is 8.03. The van der Waals surface area contributed by atoms with E-state index in [0.29, 0.717) is 0 Å². The summed E-state index contributed by atoms with van der Waals surface area (Å²) in [7, 11) is 0. The van der Waals surface area contributed by atoms with E-state index in [0.717, 1.165) is 24.5 Å². The summed E-state index contributed by atoms with van der Waals surface area (Å²) in [6, 6.07) is 12.5. The number of aryl methyl sites for hydroxylation is 2. The number of nitrogens with zero attached hydrogens (tertiary/aromatic N) is 2. The highest BCUT2D eigenvalue weighted by Crippen LogP contribution is 2.16. The summed E-state index contributed by atoms with van der Waals surface area (Å²) in [5.74, 6) is 1.80. The van der Waals surface area contributed by atoms with Crippen LogP contribution in [0.2, 0.25) is 0 Å². The van der Waals surface area contributed by atoms with E-state index < -0.39 is 0 Å². The molecule has 0 saturated carbocycles. The van der Waals surface area contributed by atoms with Crippen LogP contribution in [0.1, 0.15) is 102 Å². The smallest absolute Gasteiger partial charge is 0.131 e. The van der Waals surface area contributed by atoms with Gasteiger partial charge in [0.15, 0.2) is 0 Å². The average molecular weight is 396 g/mol. The third-order valence-electron chi connectivity index (χ3n) is 5.44. The molecule has 2 aromatic heterocycles. The van der Waals surface area contributed by atoms with Gasteiger partial charge in [0.25, 0.3) is 0 Å². The van der Waals surface area contributed by atoms with E-state index >= 15 is 0 Å². The summed E-state index contributed by atoms with van der Waals surface area (Å²) in [4.78, 5) is 9.57. The Bertz CT molecular complexity index is 611. The summed E-state index contributed by atoms with van der Waals surface area (Å²) < 4.78 is 0. The molecule has 0 aliphatic carbocycles. The fraction of sp³-hybridized carbons (Fsp3) is 0.615. The van der Waals surface area contributed by atoms with Crippen LogP contribution in [0.4, 0.5) is 11.6 Å². The first-order valence-electron chi connectivity index (χ1n) is 12.0. The van der Waals surface area contributed by atoms with Crippen LogP contribution in [0.15, 0.2) is 36.4 Å². The van der Waals surface area contributed by atoms with Crippen molar-refractivity contribution in [2.45, 2.75) is 104 Å². The summed E-state index contributed by atoms with van der Waals surface area (Å²) in [5.41, 5.74) is 2.35. The summed E-state index contributed by atoms with van der Waals surface area (Å²) in [5, 5.41) is 3.40. The highest BCUT2D eigenvalue weighted by Gasteiger charge is 2.02. The minimum atomic E-state index is 0.901. The zero-order chi connectivity index (χ0) is 20.6. The number of aromatic nitrogens is 2. The third-order valence-corrected chi connectivity index (χ3v) is 5.44. The number of nitrogens with one attached hydrogen (secondary N) is 1. The molecule has 2 heterocycles. The Morgan fingerprint density at radius 1 is 0.552 bits per heavy atom. The normalized spacial score (nSPS) is 11.0. The zero-order valence-corrected chi connectivity index (χ0v) is 18.8. The Balaban J connectivity index is 1.76. The fourth-order valence-corrected chi connectivity index (χ4v) is 3.68. The van der Waals surface area contributed by atoms with Crippen molar-refractivity contribution in [2.24, 2.45) is 0 Å². The number of anilines is 2. The number of pyridine rings is 2. The molecule has 3 heteroatoms. The minimum Gasteiger partial charge on any atom is -0.325 e. The van der Waals surface area contributed by atoms with Crippen LogP contribution in [-0.2, 0) is 12.8 Å². The molecule has 2 aromatic rings. The van der Waals surface area contributed by atoms with Gasteiger partial charge in [0, 0.05) is 11.4 Å². The SMILES string of the molecule is CCCCCCCCc1cccc(Nc2cccc(CCCCCCCC)n2)n1. The van der Waals surface area contributed by atoms with Gasteiger partial charge in [-0.1, -0.05) is 90.2 Å². The Morgan fingerprint density at radius 2 is 0.966 bits per heavy atom. The van der Waals surface area contributed by atoms with Crippen LogP contribution < -0.4 is 5.32 Å². The van der Waals surface area contributed by atoms with Crippen LogP contribution in [0, 0.1) is 0 Å². The lowest BCUT2D eigenvalue weighted by Crippen LogP contribution is -2.00. The molecule has 0 amide bonds. The third kappa shape index (κ3) is 10.4. The topological polar surface area (TPSA) is 37.8 Å². The van der Waals surface area contributed by atoms with Crippen molar-refractivity contribution < 1.29 is 0 Å². The number of unbranched alkanes of at least 4 members (excludes halogenated alkanes) is 10. The summed E-state index contributed by atoms with van der Waals surface area (Å²) >= 11 is 0. The molecule has 0 aliphatic heterocycles. The first kappa shape index (κ1) is 23.4.